The molecule has 0 saturated carbocycles. The van der Waals surface area contributed by atoms with Gasteiger partial charge in [-0.15, -0.1) is 0 Å². The smallest absolute Gasteiger partial charge is 0.262 e. The highest BCUT2D eigenvalue weighted by atomic mass is 16.5. The lowest BCUT2D eigenvalue weighted by Gasteiger charge is -2.41. The largest absolute Gasteiger partial charge is 0.388 e. The maximum absolute atomic E-state index is 13.5. The third kappa shape index (κ3) is 4.66. The number of rotatable bonds is 5. The normalized spacial score (nSPS) is 21.4. The zero-order chi connectivity index (χ0) is 26.1. The molecule has 2 aromatic heterocycles. The van der Waals surface area contributed by atoms with Gasteiger partial charge in [-0.3, -0.25) is 14.2 Å². The van der Waals surface area contributed by atoms with Gasteiger partial charge < -0.3 is 19.3 Å². The number of likely N-dealkylation sites (tertiary alicyclic amines) is 1. The van der Waals surface area contributed by atoms with Crippen molar-refractivity contribution in [1.29, 1.82) is 0 Å². The van der Waals surface area contributed by atoms with Crippen molar-refractivity contribution in [3.63, 3.8) is 0 Å². The molecule has 1 N–H and O–H groups in total. The SMILES string of the molecule is O=C([C@@H]1CCCO[C@H]1c1ccccc1)N1CCC(O)(Cn2cnc3c(ccn3-c3ccccc3)c2=O)CC1. The quantitative estimate of drug-likeness (QED) is 0.440. The molecule has 0 bridgehead atoms. The van der Waals surface area contributed by atoms with Gasteiger partial charge in [0.05, 0.1) is 29.6 Å². The Hall–Kier alpha value is -3.75. The Kier molecular flexibility index (Phi) is 6.59. The number of para-hydroxylation sites is 1. The van der Waals surface area contributed by atoms with E-state index in [2.05, 4.69) is 4.98 Å². The number of fused-ring (bicyclic) bond motifs is 1. The molecule has 38 heavy (non-hydrogen) atoms. The number of nitrogens with zero attached hydrogens (tertiary/aromatic N) is 4. The molecule has 2 aromatic carbocycles. The molecule has 8 heteroatoms. The minimum absolute atomic E-state index is 0.0862. The third-order valence-electron chi connectivity index (χ3n) is 7.94. The molecule has 2 saturated heterocycles. The number of ether oxygens (including phenoxy) is 1. The number of carbonyl (C=O) groups is 1. The van der Waals surface area contributed by atoms with Crippen LogP contribution in [0.5, 0.6) is 0 Å². The summed E-state index contributed by atoms with van der Waals surface area (Å²) >= 11 is 0. The van der Waals surface area contributed by atoms with Crippen LogP contribution in [0.1, 0.15) is 37.4 Å². The molecule has 2 aliphatic rings. The van der Waals surface area contributed by atoms with Gasteiger partial charge in [-0.25, -0.2) is 4.98 Å². The summed E-state index contributed by atoms with van der Waals surface area (Å²) < 4.78 is 9.43. The average Bonchev–Trinajstić information content (AvgIpc) is 3.40. The van der Waals surface area contributed by atoms with Crippen molar-refractivity contribution < 1.29 is 14.6 Å². The van der Waals surface area contributed by atoms with Gasteiger partial charge >= 0.3 is 0 Å². The van der Waals surface area contributed by atoms with Crippen LogP contribution in [0.25, 0.3) is 16.7 Å². The first kappa shape index (κ1) is 24.6. The first-order chi connectivity index (χ1) is 18.5. The van der Waals surface area contributed by atoms with E-state index >= 15 is 0 Å². The molecule has 1 amide bonds. The fourth-order valence-electron chi connectivity index (χ4n) is 5.82. The number of hydrogen-bond donors (Lipinski definition) is 1. The maximum atomic E-state index is 13.5. The Balaban J connectivity index is 1.15. The highest BCUT2D eigenvalue weighted by molar-refractivity contribution is 5.80. The highest BCUT2D eigenvalue weighted by Gasteiger charge is 2.40. The van der Waals surface area contributed by atoms with Crippen LogP contribution < -0.4 is 5.56 Å². The van der Waals surface area contributed by atoms with Crippen LogP contribution in [0.3, 0.4) is 0 Å². The molecule has 0 radical (unpaired) electrons. The lowest BCUT2D eigenvalue weighted by Crippen LogP contribution is -2.51. The summed E-state index contributed by atoms with van der Waals surface area (Å²) in [7, 11) is 0. The van der Waals surface area contributed by atoms with E-state index < -0.39 is 5.60 Å². The van der Waals surface area contributed by atoms with Crippen molar-refractivity contribution in [2.24, 2.45) is 5.92 Å². The van der Waals surface area contributed by atoms with Crippen molar-refractivity contribution in [2.75, 3.05) is 19.7 Å². The van der Waals surface area contributed by atoms with Crippen LogP contribution in [0, 0.1) is 5.92 Å². The summed E-state index contributed by atoms with van der Waals surface area (Å²) in [6, 6.07) is 21.5. The number of aliphatic hydroxyl groups is 1. The van der Waals surface area contributed by atoms with E-state index in [1.165, 1.54) is 10.9 Å². The van der Waals surface area contributed by atoms with Crippen molar-refractivity contribution in [1.82, 2.24) is 19.0 Å². The second-order valence-corrected chi connectivity index (χ2v) is 10.4. The molecule has 4 heterocycles. The molecule has 8 nitrogen and oxygen atoms in total. The van der Waals surface area contributed by atoms with Crippen molar-refractivity contribution in [2.45, 2.75) is 43.9 Å². The van der Waals surface area contributed by atoms with Crippen LogP contribution >= 0.6 is 0 Å². The predicted octanol–water partition coefficient (Wildman–Crippen LogP) is 3.71. The number of aromatic nitrogens is 3. The molecule has 4 aromatic rings. The predicted molar refractivity (Wildman–Crippen MR) is 144 cm³/mol. The molecule has 2 atom stereocenters. The van der Waals surface area contributed by atoms with Gasteiger partial charge in [0.2, 0.25) is 5.91 Å². The van der Waals surface area contributed by atoms with Crippen molar-refractivity contribution >= 4 is 16.9 Å². The number of benzene rings is 2. The van der Waals surface area contributed by atoms with E-state index in [-0.39, 0.29) is 30.0 Å². The minimum Gasteiger partial charge on any atom is -0.388 e. The lowest BCUT2D eigenvalue weighted by atomic mass is 9.86. The summed E-state index contributed by atoms with van der Waals surface area (Å²) in [6.45, 7) is 1.70. The van der Waals surface area contributed by atoms with E-state index in [9.17, 15) is 14.7 Å². The summed E-state index contributed by atoms with van der Waals surface area (Å²) in [4.78, 5) is 33.2. The Morgan fingerprint density at radius 2 is 1.74 bits per heavy atom. The van der Waals surface area contributed by atoms with Gasteiger partial charge in [0, 0.05) is 31.6 Å². The Morgan fingerprint density at radius 3 is 2.47 bits per heavy atom. The molecular formula is C30H32N4O4. The number of hydrogen-bond acceptors (Lipinski definition) is 5. The first-order valence-corrected chi connectivity index (χ1v) is 13.3. The topological polar surface area (TPSA) is 89.6 Å². The van der Waals surface area contributed by atoms with Crippen LogP contribution in [0.15, 0.2) is 84.0 Å². The molecule has 6 rings (SSSR count). The molecule has 0 spiro atoms. The monoisotopic (exact) mass is 512 g/mol. The van der Waals surface area contributed by atoms with Crippen LogP contribution in [-0.4, -0.2) is 55.3 Å². The fraction of sp³-hybridized carbons (Fsp3) is 0.367. The van der Waals surface area contributed by atoms with E-state index in [0.29, 0.717) is 43.6 Å². The van der Waals surface area contributed by atoms with Crippen LogP contribution in [-0.2, 0) is 16.1 Å². The Labute approximate surface area is 221 Å². The molecule has 196 valence electrons. The minimum atomic E-state index is -1.08. The molecule has 2 fully saturated rings. The Morgan fingerprint density at radius 1 is 1.03 bits per heavy atom. The Bertz CT molecular complexity index is 1470. The summed E-state index contributed by atoms with van der Waals surface area (Å²) in [6.07, 6.45) is 5.58. The van der Waals surface area contributed by atoms with Crippen molar-refractivity contribution in [3.8, 4) is 5.69 Å². The number of carbonyl (C=O) groups excluding carboxylic acids is 1. The van der Waals surface area contributed by atoms with Gasteiger partial charge in [-0.1, -0.05) is 48.5 Å². The van der Waals surface area contributed by atoms with Gasteiger partial charge in [-0.2, -0.15) is 0 Å². The van der Waals surface area contributed by atoms with E-state index in [4.69, 9.17) is 4.74 Å². The highest BCUT2D eigenvalue weighted by Crippen LogP contribution is 2.36. The average molecular weight is 513 g/mol. The first-order valence-electron chi connectivity index (χ1n) is 13.3. The molecule has 0 unspecified atom stereocenters. The molecule has 2 aliphatic heterocycles. The standard InChI is InChI=1S/C30H32N4O4/c35-28(24-12-7-19-38-26(24)22-8-3-1-4-9-22)32-17-14-30(37,15-18-32)20-33-21-31-27-25(29(33)36)13-16-34(27)23-10-5-2-6-11-23/h1-6,8-11,13,16,21,24,26,37H,7,12,14-15,17-20H2/t24-,26+/m1/s1. The summed E-state index contributed by atoms with van der Waals surface area (Å²) in [5.41, 5.74) is 1.29. The second-order valence-electron chi connectivity index (χ2n) is 10.4. The van der Waals surface area contributed by atoms with Crippen LogP contribution in [0.4, 0.5) is 0 Å². The van der Waals surface area contributed by atoms with Crippen LogP contribution in [0.2, 0.25) is 0 Å². The molecular weight excluding hydrogens is 480 g/mol. The number of amides is 1. The zero-order valence-corrected chi connectivity index (χ0v) is 21.3. The number of piperidine rings is 1. The van der Waals surface area contributed by atoms with E-state index in [0.717, 1.165) is 24.1 Å². The summed E-state index contributed by atoms with van der Waals surface area (Å²) in [5, 5.41) is 11.9. The van der Waals surface area contributed by atoms with Gasteiger partial charge in [0.1, 0.15) is 6.33 Å². The van der Waals surface area contributed by atoms with Gasteiger partial charge in [0.25, 0.3) is 5.56 Å². The zero-order valence-electron chi connectivity index (χ0n) is 21.3. The maximum Gasteiger partial charge on any atom is 0.262 e. The lowest BCUT2D eigenvalue weighted by molar-refractivity contribution is -0.149. The van der Waals surface area contributed by atoms with E-state index in [1.807, 2.05) is 76.3 Å². The third-order valence-corrected chi connectivity index (χ3v) is 7.94. The fourth-order valence-corrected chi connectivity index (χ4v) is 5.82. The van der Waals surface area contributed by atoms with E-state index in [1.54, 1.807) is 6.07 Å². The second kappa shape index (κ2) is 10.2. The van der Waals surface area contributed by atoms with Gasteiger partial charge in [0.15, 0.2) is 5.65 Å². The summed E-state index contributed by atoms with van der Waals surface area (Å²) in [5.74, 6) is -0.136. The molecule has 0 aliphatic carbocycles. The van der Waals surface area contributed by atoms with Crippen molar-refractivity contribution in [3.05, 3.63) is 95.2 Å². The van der Waals surface area contributed by atoms with Gasteiger partial charge in [-0.05, 0) is 49.4 Å².